The monoisotopic (exact) mass is 498 g/mol. The Morgan fingerprint density at radius 1 is 1.15 bits per heavy atom. The Hall–Kier alpha value is -2.98. The summed E-state index contributed by atoms with van der Waals surface area (Å²) in [7, 11) is 1.30. The number of ether oxygens (including phenoxy) is 3. The average Bonchev–Trinajstić information content (AvgIpc) is 3.12. The van der Waals surface area contributed by atoms with Crippen LogP contribution in [0.3, 0.4) is 0 Å². The quantitative estimate of drug-likeness (QED) is 0.539. The molecule has 7 nitrogen and oxygen atoms in total. The van der Waals surface area contributed by atoms with Crippen LogP contribution >= 0.6 is 11.6 Å². The van der Waals surface area contributed by atoms with Crippen molar-refractivity contribution in [2.45, 2.75) is 31.3 Å². The van der Waals surface area contributed by atoms with Crippen LogP contribution in [-0.4, -0.2) is 55.7 Å². The van der Waals surface area contributed by atoms with Crippen LogP contribution in [0.1, 0.15) is 28.8 Å². The molecule has 2 heterocycles. The van der Waals surface area contributed by atoms with Gasteiger partial charge in [0.2, 0.25) is 0 Å². The Bertz CT molecular complexity index is 1070. The molecule has 11 heteroatoms. The lowest BCUT2D eigenvalue weighted by atomic mass is 9.91. The molecule has 0 aliphatic carbocycles. The molecule has 1 amide bonds. The maximum absolute atomic E-state index is 12.6. The van der Waals surface area contributed by atoms with Crippen LogP contribution in [0, 0.1) is 0 Å². The zero-order chi connectivity index (χ0) is 24.5. The minimum Gasteiger partial charge on any atom is -0.465 e. The Labute approximate surface area is 198 Å². The van der Waals surface area contributed by atoms with Crippen molar-refractivity contribution >= 4 is 29.4 Å². The van der Waals surface area contributed by atoms with Crippen molar-refractivity contribution in [2.75, 3.05) is 31.6 Å². The van der Waals surface area contributed by atoms with Crippen molar-refractivity contribution in [3.8, 4) is 5.75 Å². The summed E-state index contributed by atoms with van der Waals surface area (Å²) < 4.78 is 52.2. The summed E-state index contributed by atoms with van der Waals surface area (Å²) in [5, 5.41) is -0.115. The van der Waals surface area contributed by atoms with Crippen molar-refractivity contribution < 1.29 is 37.0 Å². The van der Waals surface area contributed by atoms with E-state index in [-0.39, 0.29) is 5.02 Å². The van der Waals surface area contributed by atoms with E-state index in [1.54, 1.807) is 30.3 Å². The molecule has 0 aromatic heterocycles. The molecule has 0 saturated carbocycles. The van der Waals surface area contributed by atoms with Gasteiger partial charge in [0.25, 0.3) is 0 Å². The number of methoxy groups -OCH3 is 1. The van der Waals surface area contributed by atoms with Gasteiger partial charge in [-0.3, -0.25) is 9.80 Å². The number of halogens is 4. The van der Waals surface area contributed by atoms with Crippen molar-refractivity contribution in [3.05, 3.63) is 58.6 Å². The van der Waals surface area contributed by atoms with Gasteiger partial charge in [-0.25, -0.2) is 9.59 Å². The van der Waals surface area contributed by atoms with Crippen molar-refractivity contribution in [1.82, 2.24) is 4.90 Å². The zero-order valence-electron chi connectivity index (χ0n) is 18.2. The van der Waals surface area contributed by atoms with E-state index in [9.17, 15) is 22.8 Å². The SMILES string of the molecule is COC(=O)c1ccc(N2CC3(CCN(Cc4ccc(Cl)c(OC(F)(F)F)c4)CC3)OC2=O)cc1. The second-order valence-corrected chi connectivity index (χ2v) is 8.67. The number of esters is 1. The van der Waals surface area contributed by atoms with Crippen LogP contribution in [0.2, 0.25) is 5.02 Å². The molecule has 0 radical (unpaired) electrons. The first-order chi connectivity index (χ1) is 16.1. The van der Waals surface area contributed by atoms with Crippen molar-refractivity contribution in [3.63, 3.8) is 0 Å². The summed E-state index contributed by atoms with van der Waals surface area (Å²) >= 11 is 5.82. The molecule has 182 valence electrons. The predicted octanol–water partition coefficient (Wildman–Crippen LogP) is 5.02. The molecule has 0 bridgehead atoms. The van der Waals surface area contributed by atoms with E-state index in [0.717, 1.165) is 0 Å². The Morgan fingerprint density at radius 2 is 1.82 bits per heavy atom. The van der Waals surface area contributed by atoms with Gasteiger partial charge in [-0.15, -0.1) is 13.2 Å². The Morgan fingerprint density at radius 3 is 2.44 bits per heavy atom. The molecule has 0 atom stereocenters. The van der Waals surface area contributed by atoms with Gasteiger partial charge in [0.15, 0.2) is 0 Å². The molecule has 2 fully saturated rings. The smallest absolute Gasteiger partial charge is 0.465 e. The fourth-order valence-electron chi connectivity index (χ4n) is 4.20. The summed E-state index contributed by atoms with van der Waals surface area (Å²) in [5.41, 5.74) is 0.998. The van der Waals surface area contributed by atoms with Gasteiger partial charge in [0, 0.05) is 38.2 Å². The van der Waals surface area contributed by atoms with Crippen molar-refractivity contribution in [1.29, 1.82) is 0 Å². The highest BCUT2D eigenvalue weighted by Gasteiger charge is 2.47. The normalized spacial score (nSPS) is 18.1. The highest BCUT2D eigenvalue weighted by atomic mass is 35.5. The average molecular weight is 499 g/mol. The van der Waals surface area contributed by atoms with E-state index < -0.39 is 29.8 Å². The third-order valence-corrected chi connectivity index (χ3v) is 6.28. The van der Waals surface area contributed by atoms with Crippen LogP contribution in [-0.2, 0) is 16.0 Å². The topological polar surface area (TPSA) is 68.3 Å². The number of hydrogen-bond acceptors (Lipinski definition) is 6. The summed E-state index contributed by atoms with van der Waals surface area (Å²) in [6.07, 6.45) is -4.12. The molecule has 2 aromatic rings. The second kappa shape index (κ2) is 9.34. The maximum atomic E-state index is 12.6. The number of piperidine rings is 1. The van der Waals surface area contributed by atoms with Crippen molar-refractivity contribution in [2.24, 2.45) is 0 Å². The van der Waals surface area contributed by atoms with Crippen LogP contribution in [0.15, 0.2) is 42.5 Å². The third-order valence-electron chi connectivity index (χ3n) is 5.97. The highest BCUT2D eigenvalue weighted by molar-refractivity contribution is 6.32. The van der Waals surface area contributed by atoms with Gasteiger partial charge in [0.05, 0.1) is 24.2 Å². The lowest BCUT2D eigenvalue weighted by Crippen LogP contribution is -2.46. The summed E-state index contributed by atoms with van der Waals surface area (Å²) in [6.45, 7) is 1.98. The first-order valence-electron chi connectivity index (χ1n) is 10.5. The van der Waals surface area contributed by atoms with Gasteiger partial charge in [-0.05, 0) is 42.0 Å². The molecule has 2 saturated heterocycles. The van der Waals surface area contributed by atoms with Crippen LogP contribution < -0.4 is 9.64 Å². The fourth-order valence-corrected chi connectivity index (χ4v) is 4.36. The minimum absolute atomic E-state index is 0.115. The van der Waals surface area contributed by atoms with Gasteiger partial charge >= 0.3 is 18.4 Å². The molecule has 0 N–H and O–H groups in total. The maximum Gasteiger partial charge on any atom is 0.573 e. The van der Waals surface area contributed by atoms with E-state index in [0.29, 0.717) is 55.8 Å². The molecular formula is C23H22ClF3N2O5. The number of anilines is 1. The number of likely N-dealkylation sites (tertiary alicyclic amines) is 1. The third kappa shape index (κ3) is 5.39. The van der Waals surface area contributed by atoms with E-state index in [2.05, 4.69) is 14.4 Å². The Kier molecular flexibility index (Phi) is 6.64. The summed E-state index contributed by atoms with van der Waals surface area (Å²) in [5.74, 6) is -0.893. The summed E-state index contributed by atoms with van der Waals surface area (Å²) in [4.78, 5) is 27.8. The van der Waals surface area contributed by atoms with E-state index in [1.165, 1.54) is 24.1 Å². The second-order valence-electron chi connectivity index (χ2n) is 8.26. The first-order valence-corrected chi connectivity index (χ1v) is 10.9. The van der Waals surface area contributed by atoms with E-state index >= 15 is 0 Å². The van der Waals surface area contributed by atoms with E-state index in [1.807, 2.05) is 0 Å². The number of carbonyl (C=O) groups is 2. The largest absolute Gasteiger partial charge is 0.573 e. The number of alkyl halides is 3. The number of amides is 1. The van der Waals surface area contributed by atoms with Gasteiger partial charge in [-0.2, -0.15) is 0 Å². The fraction of sp³-hybridized carbons (Fsp3) is 0.391. The molecule has 0 unspecified atom stereocenters. The zero-order valence-corrected chi connectivity index (χ0v) is 19.0. The summed E-state index contributed by atoms with van der Waals surface area (Å²) in [6, 6.07) is 10.8. The number of nitrogens with zero attached hydrogens (tertiary/aromatic N) is 2. The van der Waals surface area contributed by atoms with Crippen LogP contribution in [0.4, 0.5) is 23.7 Å². The highest BCUT2D eigenvalue weighted by Crippen LogP contribution is 2.37. The van der Waals surface area contributed by atoms with Crippen LogP contribution in [0.25, 0.3) is 0 Å². The van der Waals surface area contributed by atoms with Gasteiger partial charge in [0.1, 0.15) is 11.4 Å². The first kappa shape index (κ1) is 24.2. The standard InChI is InChI=1S/C23H22ClF3N2O5/c1-32-20(30)16-3-5-17(6-4-16)29-14-22(34-21(29)31)8-10-28(11-9-22)13-15-2-7-18(24)19(12-15)33-23(25,26)27/h2-7,12H,8-11,13-14H2,1H3. The number of carbonyl (C=O) groups excluding carboxylic acids is 2. The van der Waals surface area contributed by atoms with Gasteiger partial charge < -0.3 is 14.2 Å². The molecule has 2 aromatic carbocycles. The molecular weight excluding hydrogens is 477 g/mol. The van der Waals surface area contributed by atoms with E-state index in [4.69, 9.17) is 16.3 Å². The Balaban J connectivity index is 1.37. The number of rotatable bonds is 5. The molecule has 2 aliphatic heterocycles. The van der Waals surface area contributed by atoms with Crippen LogP contribution in [0.5, 0.6) is 5.75 Å². The lowest BCUT2D eigenvalue weighted by molar-refractivity contribution is -0.274. The number of hydrogen-bond donors (Lipinski definition) is 0. The molecule has 1 spiro atoms. The molecule has 4 rings (SSSR count). The molecule has 34 heavy (non-hydrogen) atoms. The molecule has 2 aliphatic rings. The lowest BCUT2D eigenvalue weighted by Gasteiger charge is -2.37. The van der Waals surface area contributed by atoms with Gasteiger partial charge in [-0.1, -0.05) is 17.7 Å². The minimum atomic E-state index is -4.82. The number of benzene rings is 2. The predicted molar refractivity (Wildman–Crippen MR) is 117 cm³/mol.